The SMILES string of the molecule is N#Cc1ccc(C(F)F)cc1Nc1nc(Br)ccc1[N+](=O)[O-]. The van der Waals surface area contributed by atoms with Gasteiger partial charge in [-0.3, -0.25) is 10.1 Å². The summed E-state index contributed by atoms with van der Waals surface area (Å²) in [6, 6.07) is 7.82. The predicted octanol–water partition coefficient (Wildman–Crippen LogP) is 4.31. The van der Waals surface area contributed by atoms with Crippen molar-refractivity contribution in [3.63, 3.8) is 0 Å². The maximum atomic E-state index is 12.8. The van der Waals surface area contributed by atoms with Crippen LogP contribution in [0.4, 0.5) is 26.0 Å². The second-order valence-electron chi connectivity index (χ2n) is 4.10. The largest absolute Gasteiger partial charge is 0.333 e. The molecule has 0 saturated carbocycles. The Kier molecular flexibility index (Phi) is 4.62. The molecule has 0 unspecified atom stereocenters. The average molecular weight is 369 g/mol. The molecule has 2 rings (SSSR count). The van der Waals surface area contributed by atoms with Crippen molar-refractivity contribution >= 4 is 33.1 Å². The number of benzene rings is 1. The van der Waals surface area contributed by atoms with Gasteiger partial charge in [0.05, 0.1) is 16.2 Å². The van der Waals surface area contributed by atoms with E-state index in [4.69, 9.17) is 5.26 Å². The number of hydrogen-bond acceptors (Lipinski definition) is 5. The van der Waals surface area contributed by atoms with Gasteiger partial charge in [0, 0.05) is 11.6 Å². The summed E-state index contributed by atoms with van der Waals surface area (Å²) >= 11 is 3.07. The Morgan fingerprint density at radius 2 is 2.09 bits per heavy atom. The monoisotopic (exact) mass is 368 g/mol. The van der Waals surface area contributed by atoms with E-state index in [-0.39, 0.29) is 28.3 Å². The number of nitrogens with one attached hydrogen (secondary N) is 1. The van der Waals surface area contributed by atoms with Crippen molar-refractivity contribution in [3.8, 4) is 6.07 Å². The number of hydrogen-bond donors (Lipinski definition) is 1. The molecular formula is C13H7BrF2N4O2. The molecular weight excluding hydrogens is 362 g/mol. The molecule has 0 amide bonds. The van der Waals surface area contributed by atoms with Crippen molar-refractivity contribution in [3.05, 3.63) is 56.2 Å². The zero-order valence-electron chi connectivity index (χ0n) is 10.8. The molecule has 112 valence electrons. The molecule has 9 heteroatoms. The number of nitriles is 1. The maximum Gasteiger partial charge on any atom is 0.311 e. The molecule has 0 aliphatic rings. The molecule has 1 aromatic carbocycles. The van der Waals surface area contributed by atoms with E-state index < -0.39 is 11.3 Å². The lowest BCUT2D eigenvalue weighted by atomic mass is 10.1. The van der Waals surface area contributed by atoms with E-state index in [1.807, 2.05) is 6.07 Å². The summed E-state index contributed by atoms with van der Waals surface area (Å²) in [6.07, 6.45) is -2.72. The van der Waals surface area contributed by atoms with Gasteiger partial charge >= 0.3 is 5.69 Å². The van der Waals surface area contributed by atoms with Crippen LogP contribution in [0.25, 0.3) is 0 Å². The summed E-state index contributed by atoms with van der Waals surface area (Å²) in [5.74, 6) is -0.151. The Morgan fingerprint density at radius 1 is 1.36 bits per heavy atom. The van der Waals surface area contributed by atoms with E-state index in [0.29, 0.717) is 4.60 Å². The van der Waals surface area contributed by atoms with Gasteiger partial charge < -0.3 is 5.32 Å². The molecule has 0 atom stereocenters. The number of alkyl halides is 2. The highest BCUT2D eigenvalue weighted by Crippen LogP contribution is 2.31. The molecule has 0 saturated heterocycles. The first-order chi connectivity index (χ1) is 10.4. The molecule has 0 radical (unpaired) electrons. The molecule has 22 heavy (non-hydrogen) atoms. The summed E-state index contributed by atoms with van der Waals surface area (Å²) < 4.78 is 25.8. The fourth-order valence-electron chi connectivity index (χ4n) is 1.69. The fraction of sp³-hybridized carbons (Fsp3) is 0.0769. The minimum absolute atomic E-state index is 0.0222. The van der Waals surface area contributed by atoms with E-state index in [1.54, 1.807) is 0 Å². The highest BCUT2D eigenvalue weighted by Gasteiger charge is 2.18. The molecule has 0 spiro atoms. The quantitative estimate of drug-likeness (QED) is 0.493. The van der Waals surface area contributed by atoms with Gasteiger partial charge in [0.25, 0.3) is 6.43 Å². The minimum Gasteiger partial charge on any atom is -0.333 e. The van der Waals surface area contributed by atoms with Gasteiger partial charge in [-0.2, -0.15) is 5.26 Å². The van der Waals surface area contributed by atoms with Gasteiger partial charge in [0.1, 0.15) is 10.7 Å². The van der Waals surface area contributed by atoms with E-state index in [0.717, 1.165) is 12.1 Å². The van der Waals surface area contributed by atoms with Gasteiger partial charge in [-0.1, -0.05) is 6.07 Å². The summed E-state index contributed by atoms with van der Waals surface area (Å²) in [4.78, 5) is 14.2. The number of nitrogens with zero attached hydrogens (tertiary/aromatic N) is 3. The number of rotatable bonds is 4. The highest BCUT2D eigenvalue weighted by molar-refractivity contribution is 9.10. The van der Waals surface area contributed by atoms with E-state index in [2.05, 4.69) is 26.2 Å². The first-order valence-electron chi connectivity index (χ1n) is 5.82. The maximum absolute atomic E-state index is 12.8. The van der Waals surface area contributed by atoms with Crippen molar-refractivity contribution in [2.45, 2.75) is 6.43 Å². The summed E-state index contributed by atoms with van der Waals surface area (Å²) in [6.45, 7) is 0. The normalized spacial score (nSPS) is 10.3. The van der Waals surface area contributed by atoms with Gasteiger partial charge in [-0.05, 0) is 34.1 Å². The lowest BCUT2D eigenvalue weighted by molar-refractivity contribution is -0.384. The molecule has 1 aromatic heterocycles. The van der Waals surface area contributed by atoms with Crippen LogP contribution in [0.5, 0.6) is 0 Å². The van der Waals surface area contributed by atoms with Crippen LogP contribution < -0.4 is 5.32 Å². The van der Waals surface area contributed by atoms with Gasteiger partial charge in [0.2, 0.25) is 5.82 Å². The van der Waals surface area contributed by atoms with Crippen LogP contribution in [0, 0.1) is 21.4 Å². The Labute approximate surface area is 131 Å². The molecule has 2 aromatic rings. The van der Waals surface area contributed by atoms with Crippen molar-refractivity contribution < 1.29 is 13.7 Å². The molecule has 1 N–H and O–H groups in total. The third kappa shape index (κ3) is 3.35. The number of nitro groups is 1. The number of aromatic nitrogens is 1. The van der Waals surface area contributed by atoms with Gasteiger partial charge in [-0.15, -0.1) is 0 Å². The number of halogens is 3. The smallest absolute Gasteiger partial charge is 0.311 e. The summed E-state index contributed by atoms with van der Waals surface area (Å²) in [7, 11) is 0. The standard InChI is InChI=1S/C13H7BrF2N4O2/c14-11-4-3-10(20(21)22)13(19-11)18-9-5-7(12(15)16)1-2-8(9)6-17/h1-5,12H,(H,18,19). The second-order valence-corrected chi connectivity index (χ2v) is 4.91. The third-order valence-electron chi connectivity index (χ3n) is 2.71. The van der Waals surface area contributed by atoms with Crippen LogP contribution in [0.15, 0.2) is 34.9 Å². The topological polar surface area (TPSA) is 91.8 Å². The van der Waals surface area contributed by atoms with Crippen molar-refractivity contribution in [1.29, 1.82) is 5.26 Å². The lowest BCUT2D eigenvalue weighted by Gasteiger charge is -2.10. The molecule has 0 bridgehead atoms. The Morgan fingerprint density at radius 3 is 2.68 bits per heavy atom. The van der Waals surface area contributed by atoms with E-state index >= 15 is 0 Å². The highest BCUT2D eigenvalue weighted by atomic mass is 79.9. The van der Waals surface area contributed by atoms with Crippen molar-refractivity contribution in [1.82, 2.24) is 4.98 Å². The number of pyridine rings is 1. The Bertz CT molecular complexity index is 777. The van der Waals surface area contributed by atoms with E-state index in [9.17, 15) is 18.9 Å². The van der Waals surface area contributed by atoms with Crippen LogP contribution in [0.1, 0.15) is 17.6 Å². The first kappa shape index (κ1) is 15.8. The second kappa shape index (κ2) is 6.44. The molecule has 6 nitrogen and oxygen atoms in total. The molecule has 0 aliphatic heterocycles. The molecule has 1 heterocycles. The number of anilines is 2. The van der Waals surface area contributed by atoms with Gasteiger partial charge in [-0.25, -0.2) is 13.8 Å². The van der Waals surface area contributed by atoms with Crippen LogP contribution in [-0.2, 0) is 0 Å². The lowest BCUT2D eigenvalue weighted by Crippen LogP contribution is -2.02. The zero-order valence-corrected chi connectivity index (χ0v) is 12.3. The Balaban J connectivity index is 2.51. The predicted molar refractivity (Wildman–Crippen MR) is 78.0 cm³/mol. The summed E-state index contributed by atoms with van der Waals surface area (Å²) in [5, 5.41) is 22.6. The van der Waals surface area contributed by atoms with Crippen molar-refractivity contribution in [2.75, 3.05) is 5.32 Å². The van der Waals surface area contributed by atoms with Crippen LogP contribution in [0.3, 0.4) is 0 Å². The van der Waals surface area contributed by atoms with E-state index in [1.165, 1.54) is 18.2 Å². The Hall–Kier alpha value is -2.60. The molecule has 0 fully saturated rings. The zero-order chi connectivity index (χ0) is 16.3. The third-order valence-corrected chi connectivity index (χ3v) is 3.15. The average Bonchev–Trinajstić information content (AvgIpc) is 2.46. The summed E-state index contributed by atoms with van der Waals surface area (Å²) in [5.41, 5.74) is -0.553. The van der Waals surface area contributed by atoms with Crippen LogP contribution >= 0.6 is 15.9 Å². The van der Waals surface area contributed by atoms with Crippen molar-refractivity contribution in [2.24, 2.45) is 0 Å². The van der Waals surface area contributed by atoms with Crippen LogP contribution in [0.2, 0.25) is 0 Å². The fourth-order valence-corrected chi connectivity index (χ4v) is 2.00. The minimum atomic E-state index is -2.72. The first-order valence-corrected chi connectivity index (χ1v) is 6.62. The van der Waals surface area contributed by atoms with Crippen LogP contribution in [-0.4, -0.2) is 9.91 Å². The molecule has 0 aliphatic carbocycles. The van der Waals surface area contributed by atoms with Gasteiger partial charge in [0.15, 0.2) is 0 Å².